The third kappa shape index (κ3) is 14.5. The zero-order valence-corrected chi connectivity index (χ0v) is 61.3. The van der Waals surface area contributed by atoms with Crippen molar-refractivity contribution in [1.29, 1.82) is 0 Å². The van der Waals surface area contributed by atoms with Crippen LogP contribution in [-0.4, -0.2) is 28.0 Å². The van der Waals surface area contributed by atoms with Crippen molar-refractivity contribution in [1.82, 2.24) is 4.57 Å². The number of anilines is 2. The Labute approximate surface area is 563 Å². The molecule has 92 heavy (non-hydrogen) atoms. The molecule has 0 saturated heterocycles. The third-order valence-electron chi connectivity index (χ3n) is 19.3. The van der Waals surface area contributed by atoms with Gasteiger partial charge in [0.1, 0.15) is 36.2 Å². The van der Waals surface area contributed by atoms with Gasteiger partial charge < -0.3 is 29.2 Å². The second-order valence-electron chi connectivity index (χ2n) is 33.3. The number of aromatic hydroxyl groups is 2. The summed E-state index contributed by atoms with van der Waals surface area (Å²) in [6.07, 6.45) is 10.4. The number of hydrogen-bond donors (Lipinski definition) is 2. The Balaban J connectivity index is 1.17. The highest BCUT2D eigenvalue weighted by Gasteiger charge is 2.36. The second-order valence-corrected chi connectivity index (χ2v) is 34.2. The summed E-state index contributed by atoms with van der Waals surface area (Å²) < 4.78 is 16.2. The van der Waals surface area contributed by atoms with Gasteiger partial charge in [0.05, 0.1) is 22.4 Å². The average Bonchev–Trinajstić information content (AvgIpc) is 1.45. The standard InChI is InChI=1S/C84H106Cl2N2O4/c1-24-25-26-36-83(20,21)57-44-63(75(90)73(46-57)88-69-33-30-54(79(8,9)10)41-61(69)62-42-55(80(11,12)13)31-34-70(62)88)65-48-59(85)39-51(2)76(65)91-37-38-92-77-52(3)40-60(86)49-66(77)64-45-58(84(22,23)50-78(5,6)7)47-72(74(64)89)87-53(4)28-27-29-68(82(17,18)19)67-43-56(81(14,15)16)32-35-71(67)87/h27-28,30-35,39-49,68,89-90H,4,24-26,29,36-38,50H2,1-3,5-23H3. The highest BCUT2D eigenvalue weighted by molar-refractivity contribution is 6.31. The molecule has 0 radical (unpaired) electrons. The highest BCUT2D eigenvalue weighted by Crippen LogP contribution is 2.54. The van der Waals surface area contributed by atoms with E-state index in [1.807, 2.05) is 38.1 Å². The first-order valence-corrected chi connectivity index (χ1v) is 34.4. The monoisotopic (exact) mass is 1280 g/mol. The number of fused-ring (bicyclic) bond motifs is 4. The summed E-state index contributed by atoms with van der Waals surface area (Å²) in [5.74, 6) is 1.59. The molecule has 2 heterocycles. The van der Waals surface area contributed by atoms with E-state index in [-0.39, 0.29) is 68.5 Å². The average molecular weight is 1280 g/mol. The maximum atomic E-state index is 13.3. The maximum absolute atomic E-state index is 13.3. The van der Waals surface area contributed by atoms with E-state index in [2.05, 4.69) is 239 Å². The maximum Gasteiger partial charge on any atom is 0.147 e. The molecule has 0 aliphatic carbocycles. The fourth-order valence-electron chi connectivity index (χ4n) is 14.2. The topological polar surface area (TPSA) is 67.1 Å². The minimum absolute atomic E-state index is 0.0117. The number of phenolic OH excluding ortho intramolecular Hbond substituents is 2. The predicted molar refractivity (Wildman–Crippen MR) is 396 cm³/mol. The normalized spacial score (nSPS) is 14.7. The minimum atomic E-state index is -0.339. The molecule has 7 aromatic carbocycles. The number of rotatable bonds is 16. The van der Waals surface area contributed by atoms with Crippen LogP contribution in [0.1, 0.15) is 227 Å². The van der Waals surface area contributed by atoms with Crippen molar-refractivity contribution in [2.75, 3.05) is 18.1 Å². The van der Waals surface area contributed by atoms with Gasteiger partial charge in [-0.25, -0.2) is 0 Å². The van der Waals surface area contributed by atoms with E-state index in [4.69, 9.17) is 39.3 Å². The van der Waals surface area contributed by atoms with Crippen LogP contribution in [0.15, 0.2) is 128 Å². The molecule has 8 aromatic rings. The first kappa shape index (κ1) is 69.7. The number of allylic oxidation sites excluding steroid dienone is 2. The largest absolute Gasteiger partial charge is 0.505 e. The lowest BCUT2D eigenvalue weighted by molar-refractivity contribution is 0.216. The number of aromatic nitrogens is 1. The Morgan fingerprint density at radius 3 is 1.43 bits per heavy atom. The quantitative estimate of drug-likeness (QED) is 0.0944. The van der Waals surface area contributed by atoms with Crippen LogP contribution >= 0.6 is 23.2 Å². The summed E-state index contributed by atoms with van der Waals surface area (Å²) in [5.41, 5.74) is 15.6. The van der Waals surface area contributed by atoms with Gasteiger partial charge in [-0.2, -0.15) is 0 Å². The zero-order valence-electron chi connectivity index (χ0n) is 59.8. The summed E-state index contributed by atoms with van der Waals surface area (Å²) >= 11 is 14.2. The molecule has 1 aromatic heterocycles. The Morgan fingerprint density at radius 2 is 0.967 bits per heavy atom. The Hall–Kier alpha value is -6.60. The van der Waals surface area contributed by atoms with E-state index in [0.29, 0.717) is 55.2 Å². The van der Waals surface area contributed by atoms with Gasteiger partial charge >= 0.3 is 0 Å². The van der Waals surface area contributed by atoms with E-state index < -0.39 is 0 Å². The fraction of sp³-hybridized carbons (Fsp3) is 0.452. The summed E-state index contributed by atoms with van der Waals surface area (Å²) in [6, 6.07) is 36.9. The van der Waals surface area contributed by atoms with Crippen molar-refractivity contribution in [2.45, 2.75) is 224 Å². The molecule has 2 N–H and O–H groups in total. The van der Waals surface area contributed by atoms with Crippen LogP contribution in [0.25, 0.3) is 49.7 Å². The lowest BCUT2D eigenvalue weighted by Gasteiger charge is -2.39. The molecule has 0 amide bonds. The number of hydrogen-bond acceptors (Lipinski definition) is 5. The molecule has 9 rings (SSSR count). The highest BCUT2D eigenvalue weighted by atomic mass is 35.5. The number of aryl methyl sites for hydroxylation is 2. The number of benzene rings is 7. The van der Waals surface area contributed by atoms with Crippen LogP contribution in [0.4, 0.5) is 11.4 Å². The molecular weight excluding hydrogens is 1170 g/mol. The number of halogens is 2. The van der Waals surface area contributed by atoms with Gasteiger partial charge in [-0.15, -0.1) is 0 Å². The first-order chi connectivity index (χ1) is 42.6. The molecule has 0 saturated carbocycles. The molecule has 0 spiro atoms. The van der Waals surface area contributed by atoms with Crippen molar-refractivity contribution in [3.63, 3.8) is 0 Å². The van der Waals surface area contributed by atoms with Crippen LogP contribution in [0, 0.1) is 24.7 Å². The first-order valence-electron chi connectivity index (χ1n) is 33.6. The predicted octanol–water partition coefficient (Wildman–Crippen LogP) is 25.1. The Morgan fingerprint density at radius 1 is 0.511 bits per heavy atom. The van der Waals surface area contributed by atoms with Crippen molar-refractivity contribution >= 4 is 56.4 Å². The van der Waals surface area contributed by atoms with Gasteiger partial charge in [0.25, 0.3) is 0 Å². The molecule has 6 nitrogen and oxygen atoms in total. The van der Waals surface area contributed by atoms with Gasteiger partial charge in [0, 0.05) is 54.5 Å². The van der Waals surface area contributed by atoms with Crippen LogP contribution in [0.3, 0.4) is 0 Å². The van der Waals surface area contributed by atoms with Gasteiger partial charge in [-0.3, -0.25) is 0 Å². The van der Waals surface area contributed by atoms with Crippen LogP contribution in [-0.2, 0) is 27.1 Å². The molecular formula is C84H106Cl2N2O4. The van der Waals surface area contributed by atoms with Crippen LogP contribution in [0.5, 0.6) is 23.0 Å². The van der Waals surface area contributed by atoms with E-state index in [1.165, 1.54) is 22.3 Å². The summed E-state index contributed by atoms with van der Waals surface area (Å²) in [7, 11) is 0. The Bertz CT molecular complexity index is 4060. The summed E-state index contributed by atoms with van der Waals surface area (Å²) in [4.78, 5) is 2.17. The summed E-state index contributed by atoms with van der Waals surface area (Å²) in [5, 5.41) is 29.9. The lowest BCUT2D eigenvalue weighted by atomic mass is 9.71. The molecule has 1 atom stereocenters. The molecule has 0 fully saturated rings. The molecule has 0 bridgehead atoms. The molecule has 1 aliphatic rings. The van der Waals surface area contributed by atoms with Crippen LogP contribution < -0.4 is 14.4 Å². The lowest BCUT2D eigenvalue weighted by Crippen LogP contribution is -2.27. The van der Waals surface area contributed by atoms with E-state index in [9.17, 15) is 10.2 Å². The third-order valence-corrected chi connectivity index (χ3v) is 19.7. The SMILES string of the molecule is C=C1C=CCC(C(C)(C)C)c2cc(C(C)(C)C)ccc2N1c1cc(C(C)(C)CC(C)(C)C)cc(-c2cc(Cl)cc(C)c2OCCOc2c(C)cc(Cl)cc2-c2cc(C(C)(C)CCCCC)cc(-n3c4ccc(C(C)(C)C)cc4c4cc(C(C)(C)C)ccc43)c2O)c1O. The van der Waals surface area contributed by atoms with Gasteiger partial charge in [-0.1, -0.05) is 218 Å². The van der Waals surface area contributed by atoms with E-state index in [1.54, 1.807) is 0 Å². The molecule has 1 unspecified atom stereocenters. The summed E-state index contributed by atoms with van der Waals surface area (Å²) in [6.45, 7) is 54.7. The molecule has 1 aliphatic heterocycles. The Kier molecular flexibility index (Phi) is 19.4. The zero-order chi connectivity index (χ0) is 67.7. The van der Waals surface area contributed by atoms with Crippen LogP contribution in [0.2, 0.25) is 10.0 Å². The van der Waals surface area contributed by atoms with Gasteiger partial charge in [0.15, 0.2) is 0 Å². The fourth-order valence-corrected chi connectivity index (χ4v) is 14.8. The van der Waals surface area contributed by atoms with Crippen molar-refractivity contribution in [3.8, 4) is 50.9 Å². The van der Waals surface area contributed by atoms with Crippen molar-refractivity contribution in [3.05, 3.63) is 182 Å². The van der Waals surface area contributed by atoms with Gasteiger partial charge in [0.2, 0.25) is 0 Å². The van der Waals surface area contributed by atoms with E-state index >= 15 is 0 Å². The van der Waals surface area contributed by atoms with Crippen molar-refractivity contribution < 1.29 is 19.7 Å². The second kappa shape index (κ2) is 25.6. The van der Waals surface area contributed by atoms with Gasteiger partial charge in [-0.05, 0) is 206 Å². The number of ether oxygens (including phenoxy) is 2. The minimum Gasteiger partial charge on any atom is -0.505 e. The number of nitrogens with zero attached hydrogens (tertiary/aromatic N) is 2. The smallest absolute Gasteiger partial charge is 0.147 e. The molecule has 490 valence electrons. The number of unbranched alkanes of at least 4 members (excludes halogenated alkanes) is 2. The van der Waals surface area contributed by atoms with Crippen molar-refractivity contribution in [2.24, 2.45) is 10.8 Å². The number of phenols is 2. The van der Waals surface area contributed by atoms with E-state index in [0.717, 1.165) is 94.0 Å². The molecule has 8 heteroatoms.